The number of ether oxygens (including phenoxy) is 4. The van der Waals surface area contributed by atoms with E-state index in [4.69, 9.17) is 18.9 Å². The van der Waals surface area contributed by atoms with Crippen molar-refractivity contribution in [3.05, 3.63) is 59.7 Å². The molecule has 7 nitrogen and oxygen atoms in total. The highest BCUT2D eigenvalue weighted by atomic mass is 16.6. The quantitative estimate of drug-likeness (QED) is 0.549. The molecule has 1 heterocycles. The van der Waals surface area contributed by atoms with Crippen LogP contribution in [0.4, 0.5) is 4.79 Å². The number of carbonyl (C=O) groups excluding carboxylic acids is 2. The number of benzene rings is 2. The summed E-state index contributed by atoms with van der Waals surface area (Å²) in [5, 5.41) is 0. The number of amides is 1. The van der Waals surface area contributed by atoms with Gasteiger partial charge < -0.3 is 23.8 Å². The predicted molar refractivity (Wildman–Crippen MR) is 108 cm³/mol. The van der Waals surface area contributed by atoms with Crippen LogP contribution in [0.15, 0.2) is 48.5 Å². The number of hydrogen-bond donors (Lipinski definition) is 0. The van der Waals surface area contributed by atoms with Crippen molar-refractivity contribution in [2.75, 3.05) is 40.5 Å². The molecule has 1 fully saturated rings. The molecular weight excluding hydrogens is 374 g/mol. The Labute approximate surface area is 169 Å². The van der Waals surface area contributed by atoms with Crippen molar-refractivity contribution >= 4 is 18.0 Å². The van der Waals surface area contributed by atoms with Crippen molar-refractivity contribution in [3.8, 4) is 17.2 Å². The molecule has 1 aliphatic heterocycles. The Morgan fingerprint density at radius 2 is 1.66 bits per heavy atom. The molecule has 0 radical (unpaired) electrons. The number of nitrogens with zero attached hydrogens (tertiary/aromatic N) is 1. The van der Waals surface area contributed by atoms with Crippen LogP contribution in [0.25, 0.3) is 6.08 Å². The van der Waals surface area contributed by atoms with Crippen LogP contribution in [0.3, 0.4) is 0 Å². The van der Waals surface area contributed by atoms with Gasteiger partial charge in [-0.05, 0) is 42.0 Å². The Morgan fingerprint density at radius 3 is 2.31 bits per heavy atom. The van der Waals surface area contributed by atoms with Crippen molar-refractivity contribution in [2.45, 2.75) is 0 Å². The summed E-state index contributed by atoms with van der Waals surface area (Å²) in [6, 6.07) is 12.0. The fourth-order valence-electron chi connectivity index (χ4n) is 2.83. The van der Waals surface area contributed by atoms with E-state index < -0.39 is 6.09 Å². The molecule has 0 aliphatic carbocycles. The first kappa shape index (κ1) is 20.4. The van der Waals surface area contributed by atoms with Crippen LogP contribution in [-0.2, 0) is 4.74 Å². The number of carbonyl (C=O) groups is 2. The minimum absolute atomic E-state index is 0.205. The number of rotatable bonds is 6. The van der Waals surface area contributed by atoms with Gasteiger partial charge in [-0.15, -0.1) is 0 Å². The molecule has 1 amide bonds. The second-order valence-electron chi connectivity index (χ2n) is 6.30. The Morgan fingerprint density at radius 1 is 0.966 bits per heavy atom. The number of allylic oxidation sites excluding steroid dienone is 1. The molecule has 0 aromatic heterocycles. The van der Waals surface area contributed by atoms with Crippen LogP contribution >= 0.6 is 0 Å². The Bertz CT molecular complexity index is 885. The molecule has 0 atom stereocenters. The highest BCUT2D eigenvalue weighted by molar-refractivity contribution is 6.08. The third-order valence-electron chi connectivity index (χ3n) is 4.45. The highest BCUT2D eigenvalue weighted by Crippen LogP contribution is 2.25. The van der Waals surface area contributed by atoms with Gasteiger partial charge in [0.25, 0.3) is 0 Å². The first-order valence-corrected chi connectivity index (χ1v) is 9.19. The summed E-state index contributed by atoms with van der Waals surface area (Å²) in [6.45, 7) is 2.08. The molecular formula is C22H23NO6. The summed E-state index contributed by atoms with van der Waals surface area (Å²) in [5.74, 6) is 1.29. The summed E-state index contributed by atoms with van der Waals surface area (Å²) in [7, 11) is 3.05. The van der Waals surface area contributed by atoms with Gasteiger partial charge in [0.1, 0.15) is 17.2 Å². The average Bonchev–Trinajstić information content (AvgIpc) is 2.78. The van der Waals surface area contributed by atoms with E-state index in [0.717, 1.165) is 5.56 Å². The lowest BCUT2D eigenvalue weighted by molar-refractivity contribution is 0.0416. The molecule has 0 bridgehead atoms. The van der Waals surface area contributed by atoms with E-state index in [0.29, 0.717) is 49.1 Å². The molecule has 0 spiro atoms. The van der Waals surface area contributed by atoms with Gasteiger partial charge in [-0.3, -0.25) is 4.79 Å². The molecule has 3 rings (SSSR count). The second kappa shape index (κ2) is 9.75. The zero-order chi connectivity index (χ0) is 20.6. The highest BCUT2D eigenvalue weighted by Gasteiger charge is 2.18. The van der Waals surface area contributed by atoms with Crippen molar-refractivity contribution in [3.63, 3.8) is 0 Å². The molecule has 152 valence electrons. The van der Waals surface area contributed by atoms with Gasteiger partial charge in [0.2, 0.25) is 0 Å². The number of morpholine rings is 1. The molecule has 0 N–H and O–H groups in total. The van der Waals surface area contributed by atoms with Gasteiger partial charge in [0.05, 0.1) is 33.0 Å². The minimum Gasteiger partial charge on any atom is -0.497 e. The SMILES string of the molecule is COc1ccc(OC)c(C(=O)/C=C/c2ccc(OC(=O)N3CCOCC3)cc2)c1. The van der Waals surface area contributed by atoms with Gasteiger partial charge in [0.15, 0.2) is 5.78 Å². The van der Waals surface area contributed by atoms with Crippen LogP contribution in [0, 0.1) is 0 Å². The third kappa shape index (κ3) is 5.36. The van der Waals surface area contributed by atoms with E-state index in [1.54, 1.807) is 60.6 Å². The smallest absolute Gasteiger partial charge is 0.415 e. The van der Waals surface area contributed by atoms with Crippen molar-refractivity contribution in [1.82, 2.24) is 4.90 Å². The largest absolute Gasteiger partial charge is 0.497 e. The molecule has 0 saturated carbocycles. The van der Waals surface area contributed by atoms with Gasteiger partial charge in [-0.1, -0.05) is 18.2 Å². The van der Waals surface area contributed by atoms with Crippen molar-refractivity contribution in [2.24, 2.45) is 0 Å². The number of hydrogen-bond acceptors (Lipinski definition) is 6. The Hall–Kier alpha value is -3.32. The van der Waals surface area contributed by atoms with E-state index in [9.17, 15) is 9.59 Å². The Balaban J connectivity index is 1.64. The molecule has 7 heteroatoms. The maximum absolute atomic E-state index is 12.5. The van der Waals surface area contributed by atoms with E-state index >= 15 is 0 Å². The molecule has 29 heavy (non-hydrogen) atoms. The maximum atomic E-state index is 12.5. The standard InChI is InChI=1S/C22H23NO6/c1-26-18-8-10-21(27-2)19(15-18)20(24)9-5-16-3-6-17(7-4-16)29-22(25)23-11-13-28-14-12-23/h3-10,15H,11-14H2,1-2H3/b9-5+. The fraction of sp³-hybridized carbons (Fsp3) is 0.273. The van der Waals surface area contributed by atoms with E-state index in [2.05, 4.69) is 0 Å². The van der Waals surface area contributed by atoms with Crippen LogP contribution in [-0.4, -0.2) is 57.3 Å². The van der Waals surface area contributed by atoms with Gasteiger partial charge in [-0.25, -0.2) is 4.79 Å². The summed E-state index contributed by atoms with van der Waals surface area (Å²) in [5.41, 5.74) is 1.21. The van der Waals surface area contributed by atoms with Crippen LogP contribution in [0.5, 0.6) is 17.2 Å². The molecule has 2 aromatic rings. The zero-order valence-corrected chi connectivity index (χ0v) is 16.4. The van der Waals surface area contributed by atoms with Crippen molar-refractivity contribution in [1.29, 1.82) is 0 Å². The molecule has 2 aromatic carbocycles. The summed E-state index contributed by atoms with van der Waals surface area (Å²) < 4.78 is 21.0. The molecule has 1 aliphatic rings. The second-order valence-corrected chi connectivity index (χ2v) is 6.30. The minimum atomic E-state index is -0.392. The lowest BCUT2D eigenvalue weighted by Crippen LogP contribution is -2.42. The van der Waals surface area contributed by atoms with Gasteiger partial charge >= 0.3 is 6.09 Å². The van der Waals surface area contributed by atoms with Crippen LogP contribution in [0.1, 0.15) is 15.9 Å². The first-order chi connectivity index (χ1) is 14.1. The van der Waals surface area contributed by atoms with Crippen LogP contribution < -0.4 is 14.2 Å². The summed E-state index contributed by atoms with van der Waals surface area (Å²) >= 11 is 0. The van der Waals surface area contributed by atoms with Crippen molar-refractivity contribution < 1.29 is 28.5 Å². The third-order valence-corrected chi connectivity index (χ3v) is 4.45. The zero-order valence-electron chi connectivity index (χ0n) is 16.4. The topological polar surface area (TPSA) is 74.3 Å². The summed E-state index contributed by atoms with van der Waals surface area (Å²) in [6.07, 6.45) is 2.76. The predicted octanol–water partition coefficient (Wildman–Crippen LogP) is 3.43. The van der Waals surface area contributed by atoms with E-state index in [-0.39, 0.29) is 5.78 Å². The van der Waals surface area contributed by atoms with E-state index in [1.165, 1.54) is 13.2 Å². The normalized spacial score (nSPS) is 13.9. The van der Waals surface area contributed by atoms with Gasteiger partial charge in [-0.2, -0.15) is 0 Å². The summed E-state index contributed by atoms with van der Waals surface area (Å²) in [4.78, 5) is 26.3. The maximum Gasteiger partial charge on any atom is 0.415 e. The molecule has 1 saturated heterocycles. The average molecular weight is 397 g/mol. The molecule has 0 unspecified atom stereocenters. The number of ketones is 1. The Kier molecular flexibility index (Phi) is 6.86. The lowest BCUT2D eigenvalue weighted by atomic mass is 10.1. The first-order valence-electron chi connectivity index (χ1n) is 9.19. The lowest BCUT2D eigenvalue weighted by Gasteiger charge is -2.25. The monoisotopic (exact) mass is 397 g/mol. The van der Waals surface area contributed by atoms with E-state index in [1.807, 2.05) is 0 Å². The fourth-order valence-corrected chi connectivity index (χ4v) is 2.83. The number of methoxy groups -OCH3 is 2. The van der Waals surface area contributed by atoms with Gasteiger partial charge in [0, 0.05) is 13.1 Å². The van der Waals surface area contributed by atoms with Crippen LogP contribution in [0.2, 0.25) is 0 Å².